The monoisotopic (exact) mass is 470 g/mol. The van der Waals surface area contributed by atoms with E-state index in [4.69, 9.17) is 11.6 Å². The van der Waals surface area contributed by atoms with Gasteiger partial charge in [-0.25, -0.2) is 9.97 Å². The number of nitrogens with zero attached hydrogens (tertiary/aromatic N) is 4. The number of halogens is 4. The van der Waals surface area contributed by atoms with Crippen LogP contribution in [0.5, 0.6) is 0 Å². The van der Waals surface area contributed by atoms with E-state index in [1.807, 2.05) is 18.2 Å². The zero-order valence-electron chi connectivity index (χ0n) is 17.3. The van der Waals surface area contributed by atoms with Crippen LogP contribution >= 0.6 is 11.6 Å². The molecule has 1 amide bonds. The maximum Gasteiger partial charge on any atom is 0.417 e. The maximum absolute atomic E-state index is 13.0. The van der Waals surface area contributed by atoms with Crippen molar-refractivity contribution in [2.75, 3.05) is 31.1 Å². The van der Waals surface area contributed by atoms with Gasteiger partial charge >= 0.3 is 6.18 Å². The topological polar surface area (TPSA) is 49.3 Å². The van der Waals surface area contributed by atoms with Crippen molar-refractivity contribution < 1.29 is 18.0 Å². The van der Waals surface area contributed by atoms with Crippen molar-refractivity contribution in [2.45, 2.75) is 6.18 Å². The van der Waals surface area contributed by atoms with Gasteiger partial charge in [-0.1, -0.05) is 29.7 Å². The molecule has 2 aromatic heterocycles. The van der Waals surface area contributed by atoms with Crippen molar-refractivity contribution in [1.82, 2.24) is 14.9 Å². The van der Waals surface area contributed by atoms with Crippen LogP contribution in [0.2, 0.25) is 5.02 Å². The van der Waals surface area contributed by atoms with Gasteiger partial charge < -0.3 is 9.80 Å². The Morgan fingerprint density at radius 2 is 1.76 bits per heavy atom. The molecule has 1 saturated heterocycles. The number of anilines is 1. The molecule has 1 aromatic carbocycles. The zero-order chi connectivity index (χ0) is 23.4. The van der Waals surface area contributed by atoms with Gasteiger partial charge in [-0.3, -0.25) is 4.79 Å². The number of amides is 1. The first-order chi connectivity index (χ1) is 15.8. The number of carbonyl (C=O) groups excluding carboxylic acids is 1. The number of alkyl halides is 3. The van der Waals surface area contributed by atoms with Gasteiger partial charge in [0.05, 0.1) is 10.6 Å². The minimum Gasteiger partial charge on any atom is -0.352 e. The number of rotatable bonds is 2. The molecular formula is C24H18ClF3N4O. The summed E-state index contributed by atoms with van der Waals surface area (Å²) in [6.07, 6.45) is -2.07. The Labute approximate surface area is 193 Å². The molecule has 0 unspecified atom stereocenters. The van der Waals surface area contributed by atoms with Gasteiger partial charge in [0.15, 0.2) is 0 Å². The van der Waals surface area contributed by atoms with E-state index in [-0.39, 0.29) is 16.7 Å². The average molecular weight is 471 g/mol. The van der Waals surface area contributed by atoms with E-state index >= 15 is 0 Å². The smallest absolute Gasteiger partial charge is 0.352 e. The molecule has 0 spiro atoms. The lowest BCUT2D eigenvalue weighted by Crippen LogP contribution is -2.49. The number of piperazine rings is 1. The summed E-state index contributed by atoms with van der Waals surface area (Å²) in [4.78, 5) is 24.5. The Hall–Kier alpha value is -3.57. The molecule has 0 bridgehead atoms. The van der Waals surface area contributed by atoms with E-state index in [2.05, 4.69) is 21.8 Å². The Morgan fingerprint density at radius 3 is 2.42 bits per heavy atom. The molecular weight excluding hydrogens is 453 g/mol. The fourth-order valence-corrected chi connectivity index (χ4v) is 3.71. The first-order valence-corrected chi connectivity index (χ1v) is 10.5. The SMILES string of the molecule is O=C(c1cccc(C#Cc2ccccn2)c1)N1CCN(c2ncc(C(F)(F)F)cc2Cl)CC1. The molecule has 0 saturated carbocycles. The number of benzene rings is 1. The predicted molar refractivity (Wildman–Crippen MR) is 119 cm³/mol. The third-order valence-corrected chi connectivity index (χ3v) is 5.40. The van der Waals surface area contributed by atoms with Crippen LogP contribution in [0.15, 0.2) is 60.9 Å². The fraction of sp³-hybridized carbons (Fsp3) is 0.208. The number of carbonyl (C=O) groups is 1. The van der Waals surface area contributed by atoms with E-state index in [0.29, 0.717) is 43.0 Å². The summed E-state index contributed by atoms with van der Waals surface area (Å²) in [6, 6.07) is 13.4. The first-order valence-electron chi connectivity index (χ1n) is 10.1. The van der Waals surface area contributed by atoms with Crippen LogP contribution in [0.1, 0.15) is 27.2 Å². The second-order valence-electron chi connectivity index (χ2n) is 7.35. The van der Waals surface area contributed by atoms with Crippen molar-refractivity contribution in [3.8, 4) is 11.8 Å². The summed E-state index contributed by atoms with van der Waals surface area (Å²) < 4.78 is 38.5. The second-order valence-corrected chi connectivity index (χ2v) is 7.76. The minimum atomic E-state index is -4.50. The van der Waals surface area contributed by atoms with Crippen molar-refractivity contribution in [1.29, 1.82) is 0 Å². The third-order valence-electron chi connectivity index (χ3n) is 5.12. The number of aromatic nitrogens is 2. The van der Waals surface area contributed by atoms with Gasteiger partial charge in [0.1, 0.15) is 11.5 Å². The molecule has 4 rings (SSSR count). The van der Waals surface area contributed by atoms with Gasteiger partial charge in [-0.2, -0.15) is 13.2 Å². The van der Waals surface area contributed by atoms with Crippen molar-refractivity contribution in [3.63, 3.8) is 0 Å². The van der Waals surface area contributed by atoms with Crippen LogP contribution in [-0.2, 0) is 6.18 Å². The standard InChI is InChI=1S/C24H18ClF3N4O/c25-21-15-19(24(26,27)28)16-30-22(21)31-10-12-32(13-11-31)23(33)18-5-3-4-17(14-18)7-8-20-6-1-2-9-29-20/h1-6,9,14-16H,10-13H2. The maximum atomic E-state index is 13.0. The Balaban J connectivity index is 1.41. The molecule has 0 N–H and O–H groups in total. The van der Waals surface area contributed by atoms with E-state index in [0.717, 1.165) is 12.3 Å². The van der Waals surface area contributed by atoms with Gasteiger partial charge in [-0.15, -0.1) is 0 Å². The summed E-state index contributed by atoms with van der Waals surface area (Å²) in [5, 5.41) is -0.0659. The normalized spacial score (nSPS) is 13.9. The van der Waals surface area contributed by atoms with E-state index in [1.54, 1.807) is 40.3 Å². The molecule has 9 heteroatoms. The van der Waals surface area contributed by atoms with Gasteiger partial charge in [0.25, 0.3) is 5.91 Å². The van der Waals surface area contributed by atoms with E-state index in [1.165, 1.54) is 0 Å². The van der Waals surface area contributed by atoms with Crippen molar-refractivity contribution >= 4 is 23.3 Å². The van der Waals surface area contributed by atoms with E-state index < -0.39 is 11.7 Å². The number of hydrogen-bond acceptors (Lipinski definition) is 4. The molecule has 1 aliphatic heterocycles. The summed E-state index contributed by atoms with van der Waals surface area (Å²) in [6.45, 7) is 1.59. The molecule has 5 nitrogen and oxygen atoms in total. The molecule has 1 aliphatic rings. The lowest BCUT2D eigenvalue weighted by Gasteiger charge is -2.35. The molecule has 3 aromatic rings. The van der Waals surface area contributed by atoms with Crippen LogP contribution in [0.25, 0.3) is 0 Å². The lowest BCUT2D eigenvalue weighted by molar-refractivity contribution is -0.137. The molecule has 3 heterocycles. The molecule has 33 heavy (non-hydrogen) atoms. The summed E-state index contributed by atoms with van der Waals surface area (Å²) in [5.41, 5.74) is 0.963. The molecule has 0 radical (unpaired) electrons. The Kier molecular flexibility index (Phi) is 6.52. The van der Waals surface area contributed by atoms with Gasteiger partial charge in [-0.05, 0) is 42.3 Å². The van der Waals surface area contributed by atoms with E-state index in [9.17, 15) is 18.0 Å². The minimum absolute atomic E-state index is 0.0659. The molecule has 1 fully saturated rings. The van der Waals surface area contributed by atoms with Crippen LogP contribution in [0.3, 0.4) is 0 Å². The quantitative estimate of drug-likeness (QED) is 0.517. The predicted octanol–water partition coefficient (Wildman–Crippen LogP) is 4.51. The van der Waals surface area contributed by atoms with Crippen LogP contribution < -0.4 is 4.90 Å². The average Bonchev–Trinajstić information content (AvgIpc) is 2.83. The van der Waals surface area contributed by atoms with Crippen LogP contribution in [0, 0.1) is 11.8 Å². The largest absolute Gasteiger partial charge is 0.417 e. The van der Waals surface area contributed by atoms with Crippen molar-refractivity contribution in [2.24, 2.45) is 0 Å². The Morgan fingerprint density at radius 1 is 0.970 bits per heavy atom. The first kappa shape index (κ1) is 22.6. The summed E-state index contributed by atoms with van der Waals surface area (Å²) in [5.74, 6) is 6.13. The number of pyridine rings is 2. The van der Waals surface area contributed by atoms with Crippen molar-refractivity contribution in [3.05, 3.63) is 88.3 Å². The molecule has 168 valence electrons. The summed E-state index contributed by atoms with van der Waals surface area (Å²) in [7, 11) is 0. The van der Waals surface area contributed by atoms with Gasteiger partial charge in [0, 0.05) is 49.7 Å². The second kappa shape index (κ2) is 9.51. The molecule has 0 aliphatic carbocycles. The fourth-order valence-electron chi connectivity index (χ4n) is 3.43. The number of hydrogen-bond donors (Lipinski definition) is 0. The van der Waals surface area contributed by atoms with Crippen LogP contribution in [0.4, 0.5) is 19.0 Å². The highest BCUT2D eigenvalue weighted by atomic mass is 35.5. The highest BCUT2D eigenvalue weighted by molar-refractivity contribution is 6.33. The highest BCUT2D eigenvalue weighted by Crippen LogP contribution is 2.33. The third kappa shape index (κ3) is 5.44. The van der Waals surface area contributed by atoms with Crippen LogP contribution in [-0.4, -0.2) is 47.0 Å². The highest BCUT2D eigenvalue weighted by Gasteiger charge is 2.32. The Bertz CT molecular complexity index is 1210. The molecule has 0 atom stereocenters. The van der Waals surface area contributed by atoms with Gasteiger partial charge in [0.2, 0.25) is 0 Å². The zero-order valence-corrected chi connectivity index (χ0v) is 18.1. The lowest BCUT2D eigenvalue weighted by atomic mass is 10.1. The summed E-state index contributed by atoms with van der Waals surface area (Å²) >= 11 is 6.05.